The van der Waals surface area contributed by atoms with Crippen molar-refractivity contribution in [2.24, 2.45) is 0 Å². The van der Waals surface area contributed by atoms with Crippen LogP contribution in [0.4, 0.5) is 0 Å². The number of thiophene rings is 1. The van der Waals surface area contributed by atoms with Crippen LogP contribution in [0.5, 0.6) is 0 Å². The Morgan fingerprint density at radius 1 is 1.47 bits per heavy atom. The van der Waals surface area contributed by atoms with Crippen molar-refractivity contribution in [3.63, 3.8) is 0 Å². The SMILES string of the molecule is CCc1cnc(CNS(=O)(=O)c2ccsc2CO)s1. The zero-order valence-electron chi connectivity index (χ0n) is 10.3. The summed E-state index contributed by atoms with van der Waals surface area (Å²) in [5.41, 5.74) is 0. The number of hydrogen-bond donors (Lipinski definition) is 2. The number of aliphatic hydroxyl groups is 1. The van der Waals surface area contributed by atoms with Gasteiger partial charge in [-0.15, -0.1) is 22.7 Å². The molecule has 2 N–H and O–H groups in total. The molecule has 2 heterocycles. The number of nitrogens with one attached hydrogen (secondary N) is 1. The van der Waals surface area contributed by atoms with Crippen LogP contribution >= 0.6 is 22.7 Å². The predicted octanol–water partition coefficient (Wildman–Crippen LogP) is 1.74. The summed E-state index contributed by atoms with van der Waals surface area (Å²) in [6, 6.07) is 1.50. The summed E-state index contributed by atoms with van der Waals surface area (Å²) in [7, 11) is -3.59. The number of aryl methyl sites for hydroxylation is 1. The number of aliphatic hydroxyl groups excluding tert-OH is 1. The monoisotopic (exact) mass is 318 g/mol. The standard InChI is InChI=1S/C11H14N2O3S3/c1-2-8-5-12-11(18-8)6-13-19(15,16)10-3-4-17-9(10)7-14/h3-5,13-14H,2,6-7H2,1H3. The van der Waals surface area contributed by atoms with Gasteiger partial charge in [0.1, 0.15) is 5.01 Å². The Morgan fingerprint density at radius 3 is 2.89 bits per heavy atom. The van der Waals surface area contributed by atoms with E-state index >= 15 is 0 Å². The van der Waals surface area contributed by atoms with Crippen LogP contribution in [0.1, 0.15) is 21.7 Å². The first-order chi connectivity index (χ1) is 9.06. The van der Waals surface area contributed by atoms with Crippen molar-refractivity contribution >= 4 is 32.7 Å². The largest absolute Gasteiger partial charge is 0.391 e. The van der Waals surface area contributed by atoms with Gasteiger partial charge in [0.2, 0.25) is 10.0 Å². The average Bonchev–Trinajstić information content (AvgIpc) is 3.05. The molecule has 0 radical (unpaired) electrons. The topological polar surface area (TPSA) is 79.3 Å². The van der Waals surface area contributed by atoms with E-state index in [1.807, 2.05) is 6.92 Å². The lowest BCUT2D eigenvalue weighted by molar-refractivity contribution is 0.282. The molecule has 104 valence electrons. The van der Waals surface area contributed by atoms with Gasteiger partial charge in [-0.05, 0) is 17.9 Å². The predicted molar refractivity (Wildman–Crippen MR) is 75.8 cm³/mol. The van der Waals surface area contributed by atoms with Gasteiger partial charge in [-0.1, -0.05) is 6.92 Å². The van der Waals surface area contributed by atoms with Crippen LogP contribution in [-0.4, -0.2) is 18.5 Å². The Morgan fingerprint density at radius 2 is 2.26 bits per heavy atom. The van der Waals surface area contributed by atoms with E-state index in [0.717, 1.165) is 16.3 Å². The second kappa shape index (κ2) is 6.10. The van der Waals surface area contributed by atoms with E-state index in [9.17, 15) is 8.42 Å². The number of hydrogen-bond acceptors (Lipinski definition) is 6. The lowest BCUT2D eigenvalue weighted by atomic mass is 10.4. The van der Waals surface area contributed by atoms with E-state index in [4.69, 9.17) is 5.11 Å². The maximum absolute atomic E-state index is 12.1. The van der Waals surface area contributed by atoms with Crippen molar-refractivity contribution in [2.45, 2.75) is 31.4 Å². The lowest BCUT2D eigenvalue weighted by Crippen LogP contribution is -2.23. The molecule has 0 saturated heterocycles. The summed E-state index contributed by atoms with van der Waals surface area (Å²) in [6.45, 7) is 1.93. The highest BCUT2D eigenvalue weighted by atomic mass is 32.2. The van der Waals surface area contributed by atoms with Crippen LogP contribution in [0, 0.1) is 0 Å². The highest BCUT2D eigenvalue weighted by Crippen LogP contribution is 2.22. The van der Waals surface area contributed by atoms with Gasteiger partial charge in [-0.25, -0.2) is 18.1 Å². The second-order valence-corrected chi connectivity index (χ2v) is 7.70. The number of nitrogens with zero attached hydrogens (tertiary/aromatic N) is 1. The summed E-state index contributed by atoms with van der Waals surface area (Å²) in [5.74, 6) is 0. The number of thiazole rings is 1. The minimum atomic E-state index is -3.59. The molecule has 0 aliphatic carbocycles. The zero-order chi connectivity index (χ0) is 13.9. The Labute approximate surface area is 120 Å². The van der Waals surface area contributed by atoms with Gasteiger partial charge in [0, 0.05) is 16.0 Å². The molecule has 8 heteroatoms. The lowest BCUT2D eigenvalue weighted by Gasteiger charge is -2.04. The average molecular weight is 318 g/mol. The summed E-state index contributed by atoms with van der Waals surface area (Å²) < 4.78 is 26.7. The molecule has 2 aromatic rings. The fourth-order valence-corrected chi connectivity index (χ4v) is 4.69. The molecule has 0 saturated carbocycles. The Kier molecular flexibility index (Phi) is 4.69. The fourth-order valence-electron chi connectivity index (χ4n) is 1.51. The summed E-state index contributed by atoms with van der Waals surface area (Å²) in [5, 5.41) is 11.5. The van der Waals surface area contributed by atoms with Crippen molar-refractivity contribution in [2.75, 3.05) is 0 Å². The summed E-state index contributed by atoms with van der Waals surface area (Å²) in [6.07, 6.45) is 2.65. The van der Waals surface area contributed by atoms with Gasteiger partial charge in [-0.2, -0.15) is 0 Å². The second-order valence-electron chi connectivity index (χ2n) is 3.76. The summed E-state index contributed by atoms with van der Waals surface area (Å²) in [4.78, 5) is 5.88. The fraction of sp³-hybridized carbons (Fsp3) is 0.364. The summed E-state index contributed by atoms with van der Waals surface area (Å²) >= 11 is 2.72. The Hall–Kier alpha value is -0.800. The molecule has 5 nitrogen and oxygen atoms in total. The normalized spacial score (nSPS) is 11.9. The third kappa shape index (κ3) is 3.40. The number of sulfonamides is 1. The molecule has 0 aliphatic heterocycles. The first-order valence-electron chi connectivity index (χ1n) is 5.67. The minimum Gasteiger partial charge on any atom is -0.391 e. The van der Waals surface area contributed by atoms with Crippen LogP contribution in [0.25, 0.3) is 0 Å². The van der Waals surface area contributed by atoms with Crippen molar-refractivity contribution in [3.8, 4) is 0 Å². The van der Waals surface area contributed by atoms with Gasteiger partial charge >= 0.3 is 0 Å². The number of aromatic nitrogens is 1. The number of rotatable bonds is 6. The van der Waals surface area contributed by atoms with E-state index < -0.39 is 10.0 Å². The molecular weight excluding hydrogens is 304 g/mol. The molecule has 0 atom stereocenters. The maximum Gasteiger partial charge on any atom is 0.242 e. The van der Waals surface area contributed by atoms with Gasteiger partial charge < -0.3 is 5.11 Å². The first-order valence-corrected chi connectivity index (χ1v) is 8.85. The van der Waals surface area contributed by atoms with Gasteiger partial charge in [0.05, 0.1) is 18.0 Å². The van der Waals surface area contributed by atoms with Crippen LogP contribution in [0.15, 0.2) is 22.5 Å². The van der Waals surface area contributed by atoms with Crippen LogP contribution < -0.4 is 4.72 Å². The third-order valence-corrected chi connectivity index (χ3v) is 6.16. The molecular formula is C11H14N2O3S3. The van der Waals surface area contributed by atoms with Crippen LogP contribution in [0.3, 0.4) is 0 Å². The maximum atomic E-state index is 12.1. The van der Waals surface area contributed by atoms with Crippen molar-refractivity contribution in [1.82, 2.24) is 9.71 Å². The van der Waals surface area contributed by atoms with E-state index in [1.54, 1.807) is 11.6 Å². The molecule has 19 heavy (non-hydrogen) atoms. The molecule has 0 unspecified atom stereocenters. The first kappa shape index (κ1) is 14.6. The van der Waals surface area contributed by atoms with Crippen LogP contribution in [-0.2, 0) is 29.6 Å². The highest BCUT2D eigenvalue weighted by molar-refractivity contribution is 7.89. The molecule has 0 aromatic carbocycles. The quantitative estimate of drug-likeness (QED) is 0.850. The smallest absolute Gasteiger partial charge is 0.242 e. The van der Waals surface area contributed by atoms with Crippen molar-refractivity contribution in [1.29, 1.82) is 0 Å². The van der Waals surface area contributed by atoms with Gasteiger partial charge in [0.25, 0.3) is 0 Å². The van der Waals surface area contributed by atoms with Crippen molar-refractivity contribution in [3.05, 3.63) is 32.4 Å². The van der Waals surface area contributed by atoms with E-state index in [-0.39, 0.29) is 18.0 Å². The zero-order valence-corrected chi connectivity index (χ0v) is 12.7. The molecule has 0 aliphatic rings. The van der Waals surface area contributed by atoms with E-state index in [0.29, 0.717) is 4.88 Å². The molecule has 0 bridgehead atoms. The van der Waals surface area contributed by atoms with E-state index in [1.165, 1.54) is 28.7 Å². The molecule has 0 spiro atoms. The van der Waals surface area contributed by atoms with Gasteiger partial charge in [-0.3, -0.25) is 0 Å². The van der Waals surface area contributed by atoms with Crippen LogP contribution in [0.2, 0.25) is 0 Å². The third-order valence-electron chi connectivity index (χ3n) is 2.50. The van der Waals surface area contributed by atoms with Crippen molar-refractivity contribution < 1.29 is 13.5 Å². The molecule has 0 fully saturated rings. The Bertz CT molecular complexity index is 646. The van der Waals surface area contributed by atoms with Gasteiger partial charge in [0.15, 0.2) is 0 Å². The van der Waals surface area contributed by atoms with E-state index in [2.05, 4.69) is 9.71 Å². The molecule has 2 rings (SSSR count). The minimum absolute atomic E-state index is 0.146. The molecule has 2 aromatic heterocycles. The highest BCUT2D eigenvalue weighted by Gasteiger charge is 2.19. The molecule has 0 amide bonds. The Balaban J connectivity index is 2.09.